The number of rotatable bonds is 7. The number of hydrogen-bond acceptors (Lipinski definition) is 8. The highest BCUT2D eigenvalue weighted by Crippen LogP contribution is 2.32. The molecular weight excluding hydrogens is 489 g/mol. The lowest BCUT2D eigenvalue weighted by molar-refractivity contribution is -0.137. The largest absolute Gasteiger partial charge is 0.378 e. The number of carbonyl (C=O) groups excluding carboxylic acids is 2. The number of piperazine rings is 1. The number of halogens is 1. The molecule has 1 aromatic heterocycles. The van der Waals surface area contributed by atoms with Crippen molar-refractivity contribution in [3.05, 3.63) is 46.9 Å². The van der Waals surface area contributed by atoms with Gasteiger partial charge in [-0.15, -0.1) is 0 Å². The van der Waals surface area contributed by atoms with Crippen molar-refractivity contribution >= 4 is 17.6 Å². The van der Waals surface area contributed by atoms with Gasteiger partial charge in [0.05, 0.1) is 25.8 Å². The van der Waals surface area contributed by atoms with Gasteiger partial charge in [-0.05, 0) is 11.1 Å². The van der Waals surface area contributed by atoms with Crippen molar-refractivity contribution in [3.63, 3.8) is 0 Å². The zero-order chi connectivity index (χ0) is 27.4. The molecule has 4 rings (SSSR count). The Balaban J connectivity index is 1.65. The molecule has 0 bridgehead atoms. The molecular formula is C27H40FN7O3. The maximum Gasteiger partial charge on any atom is 0.254 e. The van der Waals surface area contributed by atoms with E-state index in [0.717, 1.165) is 11.1 Å². The third-order valence-corrected chi connectivity index (χ3v) is 7.08. The molecule has 208 valence electrons. The molecule has 38 heavy (non-hydrogen) atoms. The Labute approximate surface area is 223 Å². The second-order valence-electron chi connectivity index (χ2n) is 11.1. The summed E-state index contributed by atoms with van der Waals surface area (Å²) in [5, 5.41) is 7.87. The van der Waals surface area contributed by atoms with Crippen LogP contribution in [0.2, 0.25) is 0 Å². The lowest BCUT2D eigenvalue weighted by Gasteiger charge is -2.36. The smallest absolute Gasteiger partial charge is 0.254 e. The molecule has 10 nitrogen and oxygen atoms in total. The number of amides is 1. The van der Waals surface area contributed by atoms with Crippen molar-refractivity contribution in [3.8, 4) is 0 Å². The van der Waals surface area contributed by atoms with Gasteiger partial charge in [0.25, 0.3) is 5.91 Å². The molecule has 2 saturated heterocycles. The van der Waals surface area contributed by atoms with Crippen LogP contribution < -0.4 is 16.0 Å². The second-order valence-corrected chi connectivity index (χ2v) is 11.1. The van der Waals surface area contributed by atoms with Crippen LogP contribution >= 0.6 is 0 Å². The van der Waals surface area contributed by atoms with Gasteiger partial charge in [0, 0.05) is 58.3 Å². The van der Waals surface area contributed by atoms with E-state index in [0.29, 0.717) is 59.0 Å². The van der Waals surface area contributed by atoms with Gasteiger partial charge in [0.15, 0.2) is 11.6 Å². The fourth-order valence-corrected chi connectivity index (χ4v) is 4.83. The van der Waals surface area contributed by atoms with E-state index < -0.39 is 17.3 Å². The minimum absolute atomic E-state index is 0.0101. The number of benzene rings is 1. The molecule has 2 fully saturated rings. The Hall–Kier alpha value is -2.86. The number of nitrogens with zero attached hydrogens (tertiary/aromatic N) is 5. The van der Waals surface area contributed by atoms with Crippen molar-refractivity contribution in [2.75, 3.05) is 64.4 Å². The zero-order valence-corrected chi connectivity index (χ0v) is 22.9. The summed E-state index contributed by atoms with van der Waals surface area (Å²) in [6, 6.07) is 7.31. The molecule has 3 heterocycles. The van der Waals surface area contributed by atoms with Gasteiger partial charge in [0.2, 0.25) is 5.91 Å². The lowest BCUT2D eigenvalue weighted by Crippen LogP contribution is -2.52. The van der Waals surface area contributed by atoms with Crippen molar-refractivity contribution in [1.82, 2.24) is 24.9 Å². The standard InChI is InChI=1S/C27H40FN7O3/c1-27(2,3)26(37)35-25(32(4)17-20-7-5-19(15-29)6-8-20)23(28)24(31-35)21-16-30-9-10-34(21)18-22(36)33-11-13-38-14-12-33/h5-8,21,30H,9-18,29H2,1-4H3. The Kier molecular flexibility index (Phi) is 8.81. The van der Waals surface area contributed by atoms with Crippen LogP contribution in [0.1, 0.15) is 48.4 Å². The van der Waals surface area contributed by atoms with Gasteiger partial charge in [-0.1, -0.05) is 45.0 Å². The molecule has 0 radical (unpaired) electrons. The molecule has 0 saturated carbocycles. The van der Waals surface area contributed by atoms with Crippen LogP contribution in [0.15, 0.2) is 24.3 Å². The van der Waals surface area contributed by atoms with E-state index in [2.05, 4.69) is 10.4 Å². The molecule has 0 spiro atoms. The normalized spacial score (nSPS) is 19.0. The highest BCUT2D eigenvalue weighted by atomic mass is 19.1. The summed E-state index contributed by atoms with van der Waals surface area (Å²) in [4.78, 5) is 31.9. The number of anilines is 1. The van der Waals surface area contributed by atoms with Gasteiger partial charge in [0.1, 0.15) is 5.69 Å². The third-order valence-electron chi connectivity index (χ3n) is 7.08. The van der Waals surface area contributed by atoms with Crippen molar-refractivity contribution in [1.29, 1.82) is 0 Å². The van der Waals surface area contributed by atoms with E-state index in [1.165, 1.54) is 4.68 Å². The highest BCUT2D eigenvalue weighted by molar-refractivity contribution is 5.86. The molecule has 2 aliphatic rings. The van der Waals surface area contributed by atoms with Crippen LogP contribution in [-0.4, -0.2) is 90.9 Å². The maximum absolute atomic E-state index is 16.3. The summed E-state index contributed by atoms with van der Waals surface area (Å²) >= 11 is 0. The molecule has 1 atom stereocenters. The van der Waals surface area contributed by atoms with Gasteiger partial charge >= 0.3 is 0 Å². The lowest BCUT2D eigenvalue weighted by atomic mass is 9.96. The molecule has 11 heteroatoms. The van der Waals surface area contributed by atoms with Crippen molar-refractivity contribution < 1.29 is 18.7 Å². The average molecular weight is 530 g/mol. The Morgan fingerprint density at radius 3 is 2.45 bits per heavy atom. The van der Waals surface area contributed by atoms with Crippen molar-refractivity contribution in [2.24, 2.45) is 11.1 Å². The van der Waals surface area contributed by atoms with Gasteiger partial charge in [-0.2, -0.15) is 9.78 Å². The van der Waals surface area contributed by atoms with E-state index in [1.54, 1.807) is 37.6 Å². The minimum Gasteiger partial charge on any atom is -0.378 e. The number of morpholine rings is 1. The van der Waals surface area contributed by atoms with Crippen LogP contribution in [0.4, 0.5) is 10.2 Å². The monoisotopic (exact) mass is 529 g/mol. The third kappa shape index (κ3) is 6.23. The van der Waals surface area contributed by atoms with Crippen LogP contribution in [0.3, 0.4) is 0 Å². The van der Waals surface area contributed by atoms with Crippen LogP contribution in [0, 0.1) is 11.2 Å². The average Bonchev–Trinajstić information content (AvgIpc) is 3.25. The van der Waals surface area contributed by atoms with E-state index in [1.807, 2.05) is 29.2 Å². The Morgan fingerprint density at radius 2 is 1.82 bits per heavy atom. The number of aromatic nitrogens is 2. The molecule has 1 amide bonds. The first kappa shape index (κ1) is 28.2. The summed E-state index contributed by atoms with van der Waals surface area (Å²) < 4.78 is 22.9. The maximum atomic E-state index is 16.3. The topological polar surface area (TPSA) is 109 Å². The van der Waals surface area contributed by atoms with Gasteiger partial charge < -0.3 is 25.6 Å². The molecule has 1 unspecified atom stereocenters. The van der Waals surface area contributed by atoms with E-state index in [4.69, 9.17) is 10.5 Å². The quantitative estimate of drug-likeness (QED) is 0.557. The predicted octanol–water partition coefficient (Wildman–Crippen LogP) is 1.61. The SMILES string of the molecule is CN(Cc1ccc(CN)cc1)c1c(F)c(C2CNCCN2CC(=O)N2CCOCC2)nn1C(=O)C(C)(C)C. The number of nitrogens with two attached hydrogens (primary N) is 1. The first-order valence-electron chi connectivity index (χ1n) is 13.2. The number of nitrogens with one attached hydrogen (secondary N) is 1. The zero-order valence-electron chi connectivity index (χ0n) is 22.9. The Morgan fingerprint density at radius 1 is 1.16 bits per heavy atom. The number of carbonyl (C=O) groups is 2. The van der Waals surface area contributed by atoms with E-state index in [-0.39, 0.29) is 29.9 Å². The van der Waals surface area contributed by atoms with E-state index >= 15 is 4.39 Å². The summed E-state index contributed by atoms with van der Waals surface area (Å²) in [5.74, 6) is -0.735. The fourth-order valence-electron chi connectivity index (χ4n) is 4.83. The number of ether oxygens (including phenoxy) is 1. The summed E-state index contributed by atoms with van der Waals surface area (Å²) in [6.45, 7) is 10.2. The summed E-state index contributed by atoms with van der Waals surface area (Å²) in [7, 11) is 1.76. The molecule has 0 aliphatic carbocycles. The first-order chi connectivity index (χ1) is 18.1. The van der Waals surface area contributed by atoms with Crippen LogP contribution in [0.25, 0.3) is 0 Å². The van der Waals surface area contributed by atoms with Crippen molar-refractivity contribution in [2.45, 2.75) is 39.9 Å². The fraction of sp³-hybridized carbons (Fsp3) is 0.593. The summed E-state index contributed by atoms with van der Waals surface area (Å²) in [6.07, 6.45) is 0. The number of hydrogen-bond donors (Lipinski definition) is 2. The Bertz CT molecular complexity index is 1120. The minimum atomic E-state index is -0.773. The van der Waals surface area contributed by atoms with E-state index in [9.17, 15) is 9.59 Å². The predicted molar refractivity (Wildman–Crippen MR) is 143 cm³/mol. The summed E-state index contributed by atoms with van der Waals surface area (Å²) in [5.41, 5.74) is 7.08. The second kappa shape index (κ2) is 11.9. The van der Waals surface area contributed by atoms with Gasteiger partial charge in [-0.25, -0.2) is 4.39 Å². The molecule has 2 aliphatic heterocycles. The molecule has 3 N–H and O–H groups in total. The first-order valence-corrected chi connectivity index (χ1v) is 13.2. The highest BCUT2D eigenvalue weighted by Gasteiger charge is 2.37. The molecule has 2 aromatic rings. The van der Waals surface area contributed by atoms with Crippen LogP contribution in [0.5, 0.6) is 0 Å². The molecule has 1 aromatic carbocycles. The van der Waals surface area contributed by atoms with Gasteiger partial charge in [-0.3, -0.25) is 14.5 Å². The van der Waals surface area contributed by atoms with Crippen LogP contribution in [-0.2, 0) is 22.6 Å².